The first kappa shape index (κ1) is 13.4. The van der Waals surface area contributed by atoms with Crippen LogP contribution in [-0.4, -0.2) is 16.9 Å². The number of aliphatic carboxylic acids is 1. The van der Waals surface area contributed by atoms with Crippen molar-refractivity contribution in [3.8, 4) is 0 Å². The van der Waals surface area contributed by atoms with Gasteiger partial charge in [0.05, 0.1) is 0 Å². The number of Topliss-reactive ketones (excluding diaryl/α,β-unsaturated/α-hetero) is 1. The smallest absolute Gasteiger partial charge is 0.314 e. The van der Waals surface area contributed by atoms with E-state index in [-0.39, 0.29) is 5.78 Å². The summed E-state index contributed by atoms with van der Waals surface area (Å²) < 4.78 is 0. The van der Waals surface area contributed by atoms with E-state index < -0.39 is 11.9 Å². The summed E-state index contributed by atoms with van der Waals surface area (Å²) in [6.45, 7) is 1.70. The van der Waals surface area contributed by atoms with Crippen molar-refractivity contribution in [1.29, 1.82) is 0 Å². The molecule has 0 saturated heterocycles. The monoisotopic (exact) mass is 234 g/mol. The maximum Gasteiger partial charge on any atom is 0.314 e. The fraction of sp³-hybridized carbons (Fsp3) is 0.429. The van der Waals surface area contributed by atoms with Gasteiger partial charge < -0.3 is 5.11 Å². The predicted molar refractivity (Wildman–Crippen MR) is 65.8 cm³/mol. The topological polar surface area (TPSA) is 54.4 Å². The summed E-state index contributed by atoms with van der Waals surface area (Å²) in [6, 6.07) is 9.89. The molecule has 0 aliphatic carbocycles. The SMILES string of the molecule is CCC(=O)C(CCCc1ccccc1)C(=O)O. The molecule has 0 bridgehead atoms. The third-order valence-electron chi connectivity index (χ3n) is 2.84. The Balaban J connectivity index is 2.43. The second-order valence-electron chi connectivity index (χ2n) is 4.09. The Morgan fingerprint density at radius 2 is 1.88 bits per heavy atom. The number of hydrogen-bond donors (Lipinski definition) is 1. The van der Waals surface area contributed by atoms with Crippen LogP contribution in [-0.2, 0) is 16.0 Å². The first-order chi connectivity index (χ1) is 8.15. The molecule has 0 saturated carbocycles. The van der Waals surface area contributed by atoms with Crippen molar-refractivity contribution in [2.75, 3.05) is 0 Å². The van der Waals surface area contributed by atoms with Crippen LogP contribution in [0.3, 0.4) is 0 Å². The number of carbonyl (C=O) groups is 2. The average Bonchev–Trinajstić information content (AvgIpc) is 2.34. The summed E-state index contributed by atoms with van der Waals surface area (Å²) in [4.78, 5) is 22.3. The summed E-state index contributed by atoms with van der Waals surface area (Å²) in [5, 5.41) is 8.95. The van der Waals surface area contributed by atoms with E-state index in [0.717, 1.165) is 12.8 Å². The quantitative estimate of drug-likeness (QED) is 0.738. The molecule has 1 aromatic rings. The number of hydrogen-bond acceptors (Lipinski definition) is 2. The van der Waals surface area contributed by atoms with E-state index in [9.17, 15) is 9.59 Å². The molecule has 0 aromatic heterocycles. The highest BCUT2D eigenvalue weighted by Gasteiger charge is 2.23. The Morgan fingerprint density at radius 3 is 2.41 bits per heavy atom. The molecule has 92 valence electrons. The third-order valence-corrected chi connectivity index (χ3v) is 2.84. The molecule has 17 heavy (non-hydrogen) atoms. The molecule has 0 amide bonds. The lowest BCUT2D eigenvalue weighted by Crippen LogP contribution is -2.23. The fourth-order valence-electron chi connectivity index (χ4n) is 1.82. The Kier molecular flexibility index (Phi) is 5.40. The number of carboxylic acids is 1. The van der Waals surface area contributed by atoms with E-state index in [1.54, 1.807) is 6.92 Å². The van der Waals surface area contributed by atoms with Crippen LogP contribution in [0.15, 0.2) is 30.3 Å². The molecule has 0 aliphatic heterocycles. The molecule has 1 unspecified atom stereocenters. The average molecular weight is 234 g/mol. The standard InChI is InChI=1S/C14H18O3/c1-2-13(15)12(14(16)17)10-6-9-11-7-4-3-5-8-11/h3-5,7-8,12H,2,6,9-10H2,1H3,(H,16,17). The van der Waals surface area contributed by atoms with Crippen molar-refractivity contribution < 1.29 is 14.7 Å². The van der Waals surface area contributed by atoms with Gasteiger partial charge in [0, 0.05) is 6.42 Å². The Bertz CT molecular complexity index is 370. The zero-order chi connectivity index (χ0) is 12.7. The van der Waals surface area contributed by atoms with Crippen LogP contribution < -0.4 is 0 Å². The minimum Gasteiger partial charge on any atom is -0.481 e. The largest absolute Gasteiger partial charge is 0.481 e. The van der Waals surface area contributed by atoms with Gasteiger partial charge in [-0.3, -0.25) is 9.59 Å². The lowest BCUT2D eigenvalue weighted by molar-refractivity contribution is -0.146. The molecule has 0 heterocycles. The molecule has 0 spiro atoms. The van der Waals surface area contributed by atoms with Crippen LogP contribution in [0.25, 0.3) is 0 Å². The molecular weight excluding hydrogens is 216 g/mol. The number of carbonyl (C=O) groups excluding carboxylic acids is 1. The van der Waals surface area contributed by atoms with Gasteiger partial charge in [0.1, 0.15) is 11.7 Å². The van der Waals surface area contributed by atoms with Crippen LogP contribution in [0.2, 0.25) is 0 Å². The summed E-state index contributed by atoms with van der Waals surface area (Å²) in [7, 11) is 0. The predicted octanol–water partition coefficient (Wildman–Crippen LogP) is 2.69. The number of carboxylic acid groups (broad SMARTS) is 1. The van der Waals surface area contributed by atoms with Crippen molar-refractivity contribution in [2.45, 2.75) is 32.6 Å². The Morgan fingerprint density at radius 1 is 1.24 bits per heavy atom. The van der Waals surface area contributed by atoms with E-state index in [2.05, 4.69) is 0 Å². The summed E-state index contributed by atoms with van der Waals surface area (Å²) in [5.41, 5.74) is 1.18. The van der Waals surface area contributed by atoms with Gasteiger partial charge in [0.2, 0.25) is 0 Å². The van der Waals surface area contributed by atoms with E-state index in [1.165, 1.54) is 5.56 Å². The molecule has 0 aliphatic rings. The molecule has 1 rings (SSSR count). The molecule has 3 heteroatoms. The third kappa shape index (κ3) is 4.39. The van der Waals surface area contributed by atoms with Gasteiger partial charge in [-0.25, -0.2) is 0 Å². The first-order valence-electron chi connectivity index (χ1n) is 5.94. The van der Waals surface area contributed by atoms with Gasteiger partial charge in [0.15, 0.2) is 0 Å². The van der Waals surface area contributed by atoms with Crippen LogP contribution in [0.5, 0.6) is 0 Å². The van der Waals surface area contributed by atoms with Gasteiger partial charge in [-0.1, -0.05) is 37.3 Å². The fourth-order valence-corrected chi connectivity index (χ4v) is 1.82. The lowest BCUT2D eigenvalue weighted by atomic mass is 9.94. The second-order valence-corrected chi connectivity index (χ2v) is 4.09. The minimum absolute atomic E-state index is 0.175. The van der Waals surface area contributed by atoms with E-state index >= 15 is 0 Å². The minimum atomic E-state index is -0.995. The zero-order valence-corrected chi connectivity index (χ0v) is 10.1. The molecule has 1 N–H and O–H groups in total. The van der Waals surface area contributed by atoms with Gasteiger partial charge in [-0.2, -0.15) is 0 Å². The zero-order valence-electron chi connectivity index (χ0n) is 10.1. The van der Waals surface area contributed by atoms with E-state index in [4.69, 9.17) is 5.11 Å². The van der Waals surface area contributed by atoms with E-state index in [1.807, 2.05) is 30.3 Å². The molecule has 1 aromatic carbocycles. The van der Waals surface area contributed by atoms with Crippen molar-refractivity contribution in [2.24, 2.45) is 5.92 Å². The lowest BCUT2D eigenvalue weighted by Gasteiger charge is -2.09. The molecule has 0 fully saturated rings. The summed E-state index contributed by atoms with van der Waals surface area (Å²) in [5.74, 6) is -2.00. The van der Waals surface area contributed by atoms with Gasteiger partial charge in [-0.15, -0.1) is 0 Å². The number of ketones is 1. The molecule has 3 nitrogen and oxygen atoms in total. The number of rotatable bonds is 7. The maximum atomic E-state index is 11.4. The second kappa shape index (κ2) is 6.84. The normalized spacial score (nSPS) is 12.1. The first-order valence-corrected chi connectivity index (χ1v) is 5.94. The molecule has 1 atom stereocenters. The summed E-state index contributed by atoms with van der Waals surface area (Å²) >= 11 is 0. The number of aryl methyl sites for hydroxylation is 1. The van der Waals surface area contributed by atoms with E-state index in [0.29, 0.717) is 12.8 Å². The van der Waals surface area contributed by atoms with Gasteiger partial charge in [-0.05, 0) is 24.8 Å². The number of benzene rings is 1. The molecule has 0 radical (unpaired) electrons. The van der Waals surface area contributed by atoms with Crippen molar-refractivity contribution >= 4 is 11.8 Å². The Hall–Kier alpha value is -1.64. The van der Waals surface area contributed by atoms with Gasteiger partial charge >= 0.3 is 5.97 Å². The molecular formula is C14H18O3. The van der Waals surface area contributed by atoms with Crippen LogP contribution in [0.4, 0.5) is 0 Å². The maximum absolute atomic E-state index is 11.4. The highest BCUT2D eigenvalue weighted by atomic mass is 16.4. The van der Waals surface area contributed by atoms with Crippen molar-refractivity contribution in [3.05, 3.63) is 35.9 Å². The van der Waals surface area contributed by atoms with Crippen molar-refractivity contribution in [1.82, 2.24) is 0 Å². The van der Waals surface area contributed by atoms with Crippen LogP contribution >= 0.6 is 0 Å². The van der Waals surface area contributed by atoms with Gasteiger partial charge in [0.25, 0.3) is 0 Å². The van der Waals surface area contributed by atoms with Crippen LogP contribution in [0, 0.1) is 5.92 Å². The highest BCUT2D eigenvalue weighted by Crippen LogP contribution is 2.13. The Labute approximate surface area is 101 Å². The van der Waals surface area contributed by atoms with Crippen molar-refractivity contribution in [3.63, 3.8) is 0 Å². The highest BCUT2D eigenvalue weighted by molar-refractivity contribution is 5.97. The van der Waals surface area contributed by atoms with Crippen LogP contribution in [0.1, 0.15) is 31.7 Å². The summed E-state index contributed by atoms with van der Waals surface area (Å²) in [6.07, 6.45) is 2.27.